The lowest BCUT2D eigenvalue weighted by molar-refractivity contribution is 0.415. The van der Waals surface area contributed by atoms with Gasteiger partial charge in [-0.2, -0.15) is 0 Å². The van der Waals surface area contributed by atoms with Crippen molar-refractivity contribution in [2.75, 3.05) is 7.11 Å². The van der Waals surface area contributed by atoms with Crippen LogP contribution in [0.4, 0.5) is 0 Å². The normalized spacial score (nSPS) is 11.0. The van der Waals surface area contributed by atoms with Crippen molar-refractivity contribution in [3.8, 4) is 16.3 Å². The molecule has 4 rings (SSSR count). The summed E-state index contributed by atoms with van der Waals surface area (Å²) in [5.74, 6) is 1.70. The average Bonchev–Trinajstić information content (AvgIpc) is 3.26. The van der Waals surface area contributed by atoms with Crippen molar-refractivity contribution < 1.29 is 4.74 Å². The first-order valence-electron chi connectivity index (χ1n) is 7.39. The minimum absolute atomic E-state index is 0.840. The topological polar surface area (TPSA) is 35.0 Å². The van der Waals surface area contributed by atoms with Crippen molar-refractivity contribution >= 4 is 44.7 Å². The zero-order chi connectivity index (χ0) is 16.4. The molecule has 0 unspecified atom stereocenters. The molecule has 120 valence electrons. The molecule has 0 aliphatic heterocycles. The number of para-hydroxylation sites is 1. The Morgan fingerprint density at radius 2 is 1.88 bits per heavy atom. The number of hydrogen-bond donors (Lipinski definition) is 0. The van der Waals surface area contributed by atoms with Crippen LogP contribution in [0.3, 0.4) is 0 Å². The average molecular weight is 371 g/mol. The highest BCUT2D eigenvalue weighted by molar-refractivity contribution is 8.00. The van der Waals surface area contributed by atoms with Gasteiger partial charge in [0.15, 0.2) is 4.34 Å². The molecule has 0 aliphatic rings. The SMILES string of the molecule is COc1ccc(-c2nc(CSc3nc4ccccc4s3)cs2)cc1. The van der Waals surface area contributed by atoms with E-state index in [1.165, 1.54) is 4.70 Å². The summed E-state index contributed by atoms with van der Waals surface area (Å²) in [6, 6.07) is 16.3. The molecule has 4 aromatic rings. The van der Waals surface area contributed by atoms with Crippen LogP contribution in [-0.4, -0.2) is 17.1 Å². The predicted molar refractivity (Wildman–Crippen MR) is 103 cm³/mol. The lowest BCUT2D eigenvalue weighted by Crippen LogP contribution is -1.84. The minimum Gasteiger partial charge on any atom is -0.497 e. The first-order valence-corrected chi connectivity index (χ1v) is 10.1. The van der Waals surface area contributed by atoms with Crippen LogP contribution in [0.1, 0.15) is 5.69 Å². The Balaban J connectivity index is 1.46. The third-order valence-electron chi connectivity index (χ3n) is 3.51. The van der Waals surface area contributed by atoms with Crippen LogP contribution in [-0.2, 0) is 5.75 Å². The summed E-state index contributed by atoms with van der Waals surface area (Å²) in [5, 5.41) is 3.16. The molecule has 0 bridgehead atoms. The van der Waals surface area contributed by atoms with Gasteiger partial charge >= 0.3 is 0 Å². The Morgan fingerprint density at radius 3 is 2.67 bits per heavy atom. The predicted octanol–water partition coefficient (Wildman–Crippen LogP) is 5.72. The highest BCUT2D eigenvalue weighted by Gasteiger charge is 2.08. The maximum absolute atomic E-state index is 5.20. The third kappa shape index (κ3) is 3.31. The van der Waals surface area contributed by atoms with Gasteiger partial charge in [0, 0.05) is 16.7 Å². The molecule has 0 spiro atoms. The summed E-state index contributed by atoms with van der Waals surface area (Å²) >= 11 is 5.16. The summed E-state index contributed by atoms with van der Waals surface area (Å²) in [6.45, 7) is 0. The molecule has 24 heavy (non-hydrogen) atoms. The Morgan fingerprint density at radius 1 is 1.04 bits per heavy atom. The largest absolute Gasteiger partial charge is 0.497 e. The molecule has 3 nitrogen and oxygen atoms in total. The Hall–Kier alpha value is -1.89. The second kappa shape index (κ2) is 6.93. The zero-order valence-corrected chi connectivity index (χ0v) is 15.4. The summed E-state index contributed by atoms with van der Waals surface area (Å²) in [4.78, 5) is 9.39. The third-order valence-corrected chi connectivity index (χ3v) is 6.66. The van der Waals surface area contributed by atoms with Crippen LogP contribution in [0.5, 0.6) is 5.75 Å². The molecule has 2 aromatic heterocycles. The number of rotatable bonds is 5. The fourth-order valence-corrected chi connectivity index (χ4v) is 5.18. The lowest BCUT2D eigenvalue weighted by atomic mass is 10.2. The molecule has 0 saturated carbocycles. The molecule has 2 aromatic carbocycles. The number of methoxy groups -OCH3 is 1. The first kappa shape index (κ1) is 15.6. The number of thiazole rings is 2. The molecule has 0 radical (unpaired) electrons. The summed E-state index contributed by atoms with van der Waals surface area (Å²) in [5.41, 5.74) is 3.29. The van der Waals surface area contributed by atoms with Crippen LogP contribution in [0.25, 0.3) is 20.8 Å². The van der Waals surface area contributed by atoms with E-state index in [1.54, 1.807) is 41.5 Å². The van der Waals surface area contributed by atoms with Crippen molar-refractivity contribution in [2.45, 2.75) is 10.1 Å². The van der Waals surface area contributed by atoms with Crippen LogP contribution in [0.2, 0.25) is 0 Å². The van der Waals surface area contributed by atoms with Gasteiger partial charge in [-0.05, 0) is 36.4 Å². The maximum Gasteiger partial charge on any atom is 0.151 e. The van der Waals surface area contributed by atoms with Crippen LogP contribution in [0.15, 0.2) is 58.3 Å². The van der Waals surface area contributed by atoms with Gasteiger partial charge in [0.2, 0.25) is 0 Å². The van der Waals surface area contributed by atoms with Crippen molar-refractivity contribution in [3.63, 3.8) is 0 Å². The second-order valence-electron chi connectivity index (χ2n) is 5.11. The maximum atomic E-state index is 5.20. The number of fused-ring (bicyclic) bond motifs is 1. The fraction of sp³-hybridized carbons (Fsp3) is 0.111. The number of nitrogens with zero attached hydrogens (tertiary/aromatic N) is 2. The van der Waals surface area contributed by atoms with Gasteiger partial charge in [-0.25, -0.2) is 9.97 Å². The molecule has 0 amide bonds. The number of ether oxygens (including phenoxy) is 1. The van der Waals surface area contributed by atoms with Crippen molar-refractivity contribution in [2.24, 2.45) is 0 Å². The van der Waals surface area contributed by atoms with E-state index in [2.05, 4.69) is 28.6 Å². The molecule has 0 fully saturated rings. The van der Waals surface area contributed by atoms with Gasteiger partial charge < -0.3 is 4.74 Å². The van der Waals surface area contributed by atoms with Gasteiger partial charge in [-0.1, -0.05) is 23.9 Å². The highest BCUT2D eigenvalue weighted by atomic mass is 32.2. The molecule has 0 aliphatic carbocycles. The molecule has 2 heterocycles. The van der Waals surface area contributed by atoms with Crippen molar-refractivity contribution in [1.29, 1.82) is 0 Å². The quantitative estimate of drug-likeness (QED) is 0.421. The smallest absolute Gasteiger partial charge is 0.151 e. The number of benzene rings is 2. The van der Waals surface area contributed by atoms with Crippen LogP contribution < -0.4 is 4.74 Å². The van der Waals surface area contributed by atoms with E-state index >= 15 is 0 Å². The second-order valence-corrected chi connectivity index (χ2v) is 8.22. The molecular formula is C18H14N2OS3. The van der Waals surface area contributed by atoms with Crippen molar-refractivity contribution in [1.82, 2.24) is 9.97 Å². The molecule has 0 N–H and O–H groups in total. The lowest BCUT2D eigenvalue weighted by Gasteiger charge is -2.00. The molecule has 0 saturated heterocycles. The van der Waals surface area contributed by atoms with Crippen LogP contribution in [0, 0.1) is 0 Å². The van der Waals surface area contributed by atoms with E-state index < -0.39 is 0 Å². The van der Waals surface area contributed by atoms with E-state index in [9.17, 15) is 0 Å². The Labute approximate surface area is 152 Å². The van der Waals surface area contributed by atoms with E-state index in [-0.39, 0.29) is 0 Å². The highest BCUT2D eigenvalue weighted by Crippen LogP contribution is 2.33. The number of aromatic nitrogens is 2. The number of thioether (sulfide) groups is 1. The van der Waals surface area contributed by atoms with Gasteiger partial charge in [0.25, 0.3) is 0 Å². The van der Waals surface area contributed by atoms with E-state index in [4.69, 9.17) is 9.72 Å². The minimum atomic E-state index is 0.840. The fourth-order valence-electron chi connectivity index (χ4n) is 2.29. The standard InChI is InChI=1S/C18H14N2OS3/c1-21-14-8-6-12(7-9-14)17-19-13(10-22-17)11-23-18-20-15-4-2-3-5-16(15)24-18/h2-10H,11H2,1H3. The van der Waals surface area contributed by atoms with Gasteiger partial charge in [0.05, 0.1) is 23.0 Å². The van der Waals surface area contributed by atoms with Gasteiger partial charge in [-0.15, -0.1) is 22.7 Å². The number of hydrogen-bond acceptors (Lipinski definition) is 6. The summed E-state index contributed by atoms with van der Waals surface area (Å²) in [7, 11) is 1.68. The molecule has 0 atom stereocenters. The van der Waals surface area contributed by atoms with E-state index in [0.717, 1.165) is 37.6 Å². The van der Waals surface area contributed by atoms with E-state index in [1.807, 2.05) is 30.3 Å². The van der Waals surface area contributed by atoms with Gasteiger partial charge in [0.1, 0.15) is 10.8 Å². The van der Waals surface area contributed by atoms with Gasteiger partial charge in [-0.3, -0.25) is 0 Å². The monoisotopic (exact) mass is 370 g/mol. The Bertz CT molecular complexity index is 927. The zero-order valence-electron chi connectivity index (χ0n) is 12.9. The Kier molecular flexibility index (Phi) is 4.51. The molecular weight excluding hydrogens is 356 g/mol. The van der Waals surface area contributed by atoms with Crippen LogP contribution >= 0.6 is 34.4 Å². The molecule has 6 heteroatoms. The first-order chi connectivity index (χ1) is 11.8. The van der Waals surface area contributed by atoms with Crippen molar-refractivity contribution in [3.05, 3.63) is 59.6 Å². The summed E-state index contributed by atoms with van der Waals surface area (Å²) < 4.78 is 7.52. The van der Waals surface area contributed by atoms with E-state index in [0.29, 0.717) is 0 Å². The summed E-state index contributed by atoms with van der Waals surface area (Å²) in [6.07, 6.45) is 0.